The van der Waals surface area contributed by atoms with Crippen LogP contribution in [0.2, 0.25) is 0 Å². The lowest BCUT2D eigenvalue weighted by Gasteiger charge is -2.03. The first kappa shape index (κ1) is 8.97. The predicted octanol–water partition coefficient (Wildman–Crippen LogP) is 2.50. The number of ether oxygens (including phenoxy) is 1. The highest BCUT2D eigenvalue weighted by Gasteiger charge is 2.32. The molecule has 0 saturated heterocycles. The maximum Gasteiger partial charge on any atom is 0.183 e. The molecule has 3 nitrogen and oxygen atoms in total. The average molecular weight is 304 g/mol. The highest BCUT2D eigenvalue weighted by molar-refractivity contribution is 9.12. The van der Waals surface area contributed by atoms with Crippen molar-refractivity contribution in [3.8, 4) is 11.8 Å². The molecule has 2 atom stereocenters. The minimum atomic E-state index is -0.126. The number of hydrogen-bond donors (Lipinski definition) is 0. The first-order valence-corrected chi connectivity index (χ1v) is 5.41. The largest absolute Gasteiger partial charge is 0.474 e. The highest BCUT2D eigenvalue weighted by Crippen LogP contribution is 2.45. The van der Waals surface area contributed by atoms with Crippen molar-refractivity contribution in [3.05, 3.63) is 23.5 Å². The van der Waals surface area contributed by atoms with Crippen LogP contribution in [-0.2, 0) is 0 Å². The van der Waals surface area contributed by atoms with Crippen molar-refractivity contribution in [3.63, 3.8) is 0 Å². The normalized spacial score (nSPS) is 24.7. The maximum absolute atomic E-state index is 8.75. The van der Waals surface area contributed by atoms with Gasteiger partial charge in [0.25, 0.3) is 0 Å². The summed E-state index contributed by atoms with van der Waals surface area (Å²) in [5.74, 6) is 0.578. The third kappa shape index (κ3) is 1.34. The number of hydrogen-bond acceptors (Lipinski definition) is 3. The summed E-state index contributed by atoms with van der Waals surface area (Å²) < 4.78 is 5.43. The maximum atomic E-state index is 8.75. The van der Waals surface area contributed by atoms with E-state index >= 15 is 0 Å². The fourth-order valence-corrected chi connectivity index (χ4v) is 2.14. The average Bonchev–Trinajstić information content (AvgIpc) is 2.43. The van der Waals surface area contributed by atoms with E-state index in [0.717, 1.165) is 5.56 Å². The lowest BCUT2D eigenvalue weighted by Crippen LogP contribution is -2.04. The van der Waals surface area contributed by atoms with Crippen LogP contribution < -0.4 is 4.74 Å². The lowest BCUT2D eigenvalue weighted by atomic mass is 10.2. The smallest absolute Gasteiger partial charge is 0.183 e. The van der Waals surface area contributed by atoms with E-state index in [1.54, 1.807) is 6.20 Å². The van der Waals surface area contributed by atoms with Crippen LogP contribution in [0.3, 0.4) is 0 Å². The Labute approximate surface area is 92.0 Å². The monoisotopic (exact) mass is 302 g/mol. The molecule has 2 heterocycles. The Hall–Kier alpha value is -0.600. The quantitative estimate of drug-likeness (QED) is 0.692. The molecule has 1 aromatic rings. The molecule has 0 radical (unpaired) electrons. The summed E-state index contributed by atoms with van der Waals surface area (Å²) in [4.78, 5) is 3.99. The molecule has 0 bridgehead atoms. The fourth-order valence-electron chi connectivity index (χ4n) is 1.20. The van der Waals surface area contributed by atoms with E-state index in [4.69, 9.17) is 10.00 Å². The molecule has 0 unspecified atom stereocenters. The van der Waals surface area contributed by atoms with Crippen molar-refractivity contribution in [2.45, 2.75) is 9.84 Å². The molecule has 0 aliphatic carbocycles. The van der Waals surface area contributed by atoms with Crippen LogP contribution in [-0.4, -0.2) is 10.00 Å². The van der Waals surface area contributed by atoms with Crippen molar-refractivity contribution in [1.82, 2.24) is 4.98 Å². The SMILES string of the molecule is N#Cc1nccc2c1O[C@@H](Br)[C@@H]2Br. The van der Waals surface area contributed by atoms with E-state index in [0.29, 0.717) is 11.4 Å². The Morgan fingerprint density at radius 3 is 3.00 bits per heavy atom. The van der Waals surface area contributed by atoms with Gasteiger partial charge in [-0.25, -0.2) is 4.98 Å². The first-order valence-electron chi connectivity index (χ1n) is 3.58. The molecule has 0 amide bonds. The Bertz CT molecular complexity index is 388. The third-order valence-electron chi connectivity index (χ3n) is 1.80. The zero-order valence-electron chi connectivity index (χ0n) is 6.37. The molecule has 0 saturated carbocycles. The standard InChI is InChI=1S/C8H4Br2N2O/c9-6-4-1-2-12-5(3-11)7(4)13-8(6)10/h1-2,6,8H/t6-,8-/m1/s1. The Balaban J connectivity index is 2.57. The molecule has 0 spiro atoms. The van der Waals surface area contributed by atoms with Crippen molar-refractivity contribution >= 4 is 31.9 Å². The lowest BCUT2D eigenvalue weighted by molar-refractivity contribution is 0.327. The summed E-state index contributed by atoms with van der Waals surface area (Å²) in [6, 6.07) is 3.83. The summed E-state index contributed by atoms with van der Waals surface area (Å²) >= 11 is 6.80. The van der Waals surface area contributed by atoms with Gasteiger partial charge in [0, 0.05) is 11.8 Å². The van der Waals surface area contributed by atoms with E-state index < -0.39 is 0 Å². The van der Waals surface area contributed by atoms with Crippen LogP contribution in [0.5, 0.6) is 5.75 Å². The number of nitriles is 1. The number of alkyl halides is 2. The van der Waals surface area contributed by atoms with Crippen molar-refractivity contribution in [2.24, 2.45) is 0 Å². The van der Waals surface area contributed by atoms with Crippen LogP contribution in [0.4, 0.5) is 0 Å². The van der Waals surface area contributed by atoms with Crippen LogP contribution >= 0.6 is 31.9 Å². The van der Waals surface area contributed by atoms with Crippen LogP contribution in [0, 0.1) is 11.3 Å². The number of rotatable bonds is 0. The topological polar surface area (TPSA) is 45.9 Å². The van der Waals surface area contributed by atoms with Gasteiger partial charge in [0.2, 0.25) is 0 Å². The molecule has 1 aliphatic rings. The van der Waals surface area contributed by atoms with Crippen molar-refractivity contribution < 1.29 is 4.74 Å². The minimum absolute atomic E-state index is 0.0811. The molecule has 1 aliphatic heterocycles. The molecule has 0 N–H and O–H groups in total. The summed E-state index contributed by atoms with van der Waals surface area (Å²) in [6.45, 7) is 0. The third-order valence-corrected chi connectivity index (χ3v) is 4.20. The summed E-state index contributed by atoms with van der Waals surface area (Å²) in [5, 5.41) is 8.63. The van der Waals surface area contributed by atoms with Crippen LogP contribution in [0.15, 0.2) is 12.3 Å². The van der Waals surface area contributed by atoms with E-state index in [2.05, 4.69) is 36.8 Å². The van der Waals surface area contributed by atoms with Gasteiger partial charge in [0.1, 0.15) is 6.07 Å². The van der Waals surface area contributed by atoms with E-state index in [-0.39, 0.29) is 9.84 Å². The van der Waals surface area contributed by atoms with Gasteiger partial charge in [-0.05, 0) is 22.0 Å². The Morgan fingerprint density at radius 1 is 1.54 bits per heavy atom. The zero-order chi connectivity index (χ0) is 9.42. The Morgan fingerprint density at radius 2 is 2.31 bits per heavy atom. The molecule has 13 heavy (non-hydrogen) atoms. The van der Waals surface area contributed by atoms with E-state index in [9.17, 15) is 0 Å². The van der Waals surface area contributed by atoms with Gasteiger partial charge in [-0.15, -0.1) is 0 Å². The molecule has 66 valence electrons. The summed E-state index contributed by atoms with van der Waals surface area (Å²) in [5.41, 5.74) is 1.30. The molecular formula is C8H4Br2N2O. The second-order valence-electron chi connectivity index (χ2n) is 2.56. The van der Waals surface area contributed by atoms with Gasteiger partial charge in [0.05, 0.1) is 4.83 Å². The van der Waals surface area contributed by atoms with Crippen molar-refractivity contribution in [1.29, 1.82) is 5.26 Å². The first-order chi connectivity index (χ1) is 6.24. The van der Waals surface area contributed by atoms with Gasteiger partial charge < -0.3 is 4.74 Å². The number of nitrogens with zero attached hydrogens (tertiary/aromatic N) is 2. The minimum Gasteiger partial charge on any atom is -0.474 e. The number of aromatic nitrogens is 1. The van der Waals surface area contributed by atoms with Gasteiger partial charge in [-0.2, -0.15) is 5.26 Å². The van der Waals surface area contributed by atoms with E-state index in [1.165, 1.54) is 0 Å². The zero-order valence-corrected chi connectivity index (χ0v) is 9.54. The van der Waals surface area contributed by atoms with Crippen molar-refractivity contribution in [2.75, 3.05) is 0 Å². The predicted molar refractivity (Wildman–Crippen MR) is 54.0 cm³/mol. The summed E-state index contributed by atoms with van der Waals surface area (Å²) in [6.07, 6.45) is 1.61. The van der Waals surface area contributed by atoms with Gasteiger partial charge >= 0.3 is 0 Å². The molecule has 5 heteroatoms. The Kier molecular flexibility index (Phi) is 2.26. The van der Waals surface area contributed by atoms with Gasteiger partial charge in [-0.1, -0.05) is 15.9 Å². The molecule has 2 rings (SSSR count). The fraction of sp³-hybridized carbons (Fsp3) is 0.250. The molecule has 0 fully saturated rings. The van der Waals surface area contributed by atoms with E-state index in [1.807, 2.05) is 12.1 Å². The number of fused-ring (bicyclic) bond motifs is 1. The van der Waals surface area contributed by atoms with Crippen LogP contribution in [0.1, 0.15) is 16.1 Å². The van der Waals surface area contributed by atoms with Crippen LogP contribution in [0.25, 0.3) is 0 Å². The molecule has 0 aromatic carbocycles. The van der Waals surface area contributed by atoms with Gasteiger partial charge in [-0.3, -0.25) is 0 Å². The number of halogens is 2. The summed E-state index contributed by atoms with van der Waals surface area (Å²) in [7, 11) is 0. The molecular weight excluding hydrogens is 300 g/mol. The highest BCUT2D eigenvalue weighted by atomic mass is 79.9. The second kappa shape index (κ2) is 3.28. The molecule has 1 aromatic heterocycles. The second-order valence-corrected chi connectivity index (χ2v) is 4.45. The van der Waals surface area contributed by atoms with Gasteiger partial charge in [0.15, 0.2) is 16.5 Å². The number of pyridine rings is 1.